The molecule has 1 atom stereocenters. The van der Waals surface area contributed by atoms with Gasteiger partial charge in [0, 0.05) is 42.3 Å². The summed E-state index contributed by atoms with van der Waals surface area (Å²) >= 11 is 0. The van der Waals surface area contributed by atoms with Crippen LogP contribution in [-0.4, -0.2) is 39.3 Å². The van der Waals surface area contributed by atoms with Gasteiger partial charge >= 0.3 is 0 Å². The largest absolute Gasteiger partial charge is 0.384 e. The predicted molar refractivity (Wildman–Crippen MR) is 105 cm³/mol. The normalized spacial score (nSPS) is 17.8. The van der Waals surface area contributed by atoms with E-state index in [0.717, 1.165) is 42.3 Å². The molecule has 1 unspecified atom stereocenters. The quantitative estimate of drug-likeness (QED) is 0.750. The molecule has 1 aromatic heterocycles. The Hall–Kier alpha value is -2.27. The standard InChI is InChI=1S/C21H29N3O2/c1-5-6-9-12-22-19-18(20(25)24(14(2)3)21(19)26)16-13-23(4)17-11-8-7-10-15(16)17/h7-8,10-11,13-14,21-22,26H,5-6,9,12H2,1-4H3. The van der Waals surface area contributed by atoms with Crippen molar-refractivity contribution >= 4 is 22.4 Å². The highest BCUT2D eigenvalue weighted by Crippen LogP contribution is 2.36. The molecule has 2 heterocycles. The Morgan fingerprint density at radius 2 is 1.96 bits per heavy atom. The zero-order chi connectivity index (χ0) is 18.8. The number of benzene rings is 1. The van der Waals surface area contributed by atoms with Crippen molar-refractivity contribution in [3.05, 3.63) is 41.7 Å². The molecule has 5 nitrogen and oxygen atoms in total. The molecule has 0 bridgehead atoms. The number of aliphatic hydroxyl groups is 1. The number of amides is 1. The fourth-order valence-corrected chi connectivity index (χ4v) is 3.72. The number of aromatic nitrogens is 1. The molecule has 2 aromatic rings. The number of carbonyl (C=O) groups is 1. The SMILES string of the molecule is CCCCCNC1=C(c2cn(C)c3ccccc23)C(=O)N(C(C)C)C1O. The zero-order valence-corrected chi connectivity index (χ0v) is 16.1. The number of unbranched alkanes of at least 4 members (excludes halogenated alkanes) is 2. The summed E-state index contributed by atoms with van der Waals surface area (Å²) in [7, 11) is 1.98. The fourth-order valence-electron chi connectivity index (χ4n) is 3.72. The van der Waals surface area contributed by atoms with Gasteiger partial charge in [0.1, 0.15) is 0 Å². The van der Waals surface area contributed by atoms with E-state index >= 15 is 0 Å². The minimum atomic E-state index is -0.918. The van der Waals surface area contributed by atoms with Crippen LogP contribution < -0.4 is 5.32 Å². The van der Waals surface area contributed by atoms with Crippen LogP contribution in [0.25, 0.3) is 16.5 Å². The van der Waals surface area contributed by atoms with Crippen molar-refractivity contribution in [2.75, 3.05) is 6.54 Å². The molecule has 3 rings (SSSR count). The van der Waals surface area contributed by atoms with E-state index in [1.807, 2.05) is 55.9 Å². The number of aryl methyl sites for hydroxylation is 1. The molecule has 1 amide bonds. The number of nitrogens with one attached hydrogen (secondary N) is 1. The van der Waals surface area contributed by atoms with E-state index in [1.165, 1.54) is 0 Å². The van der Waals surface area contributed by atoms with Gasteiger partial charge in [0.2, 0.25) is 0 Å². The third-order valence-electron chi connectivity index (χ3n) is 5.06. The molecular formula is C21H29N3O2. The van der Waals surface area contributed by atoms with Crippen LogP contribution in [0.4, 0.5) is 0 Å². The van der Waals surface area contributed by atoms with Crippen molar-refractivity contribution in [2.45, 2.75) is 52.3 Å². The number of fused-ring (bicyclic) bond motifs is 1. The van der Waals surface area contributed by atoms with Gasteiger partial charge in [-0.15, -0.1) is 0 Å². The first-order valence-electron chi connectivity index (χ1n) is 9.50. The van der Waals surface area contributed by atoms with Gasteiger partial charge in [-0.1, -0.05) is 38.0 Å². The highest BCUT2D eigenvalue weighted by molar-refractivity contribution is 6.25. The first kappa shape index (κ1) is 18.5. The Morgan fingerprint density at radius 3 is 2.65 bits per heavy atom. The first-order chi connectivity index (χ1) is 12.5. The number of nitrogens with zero attached hydrogens (tertiary/aromatic N) is 2. The maximum atomic E-state index is 13.2. The molecule has 1 aliphatic rings. The van der Waals surface area contributed by atoms with Crippen LogP contribution in [-0.2, 0) is 11.8 Å². The Bertz CT molecular complexity index is 835. The first-order valence-corrected chi connectivity index (χ1v) is 9.50. The summed E-state index contributed by atoms with van der Waals surface area (Å²) in [6, 6.07) is 7.98. The lowest BCUT2D eigenvalue weighted by Gasteiger charge is -2.26. The van der Waals surface area contributed by atoms with Crippen LogP contribution in [0.15, 0.2) is 36.2 Å². The number of aliphatic hydroxyl groups excluding tert-OH is 1. The van der Waals surface area contributed by atoms with Gasteiger partial charge in [0.05, 0.1) is 11.3 Å². The number of hydrogen-bond acceptors (Lipinski definition) is 3. The van der Waals surface area contributed by atoms with Crippen LogP contribution in [0.3, 0.4) is 0 Å². The lowest BCUT2D eigenvalue weighted by molar-refractivity contribution is -0.132. The van der Waals surface area contributed by atoms with E-state index in [1.54, 1.807) is 4.90 Å². The van der Waals surface area contributed by atoms with Gasteiger partial charge in [0.15, 0.2) is 6.23 Å². The predicted octanol–water partition coefficient (Wildman–Crippen LogP) is 3.24. The molecule has 1 aliphatic heterocycles. The van der Waals surface area contributed by atoms with Crippen molar-refractivity contribution in [3.63, 3.8) is 0 Å². The second kappa shape index (κ2) is 7.54. The Balaban J connectivity index is 2.08. The van der Waals surface area contributed by atoms with Crippen LogP contribution in [0, 0.1) is 0 Å². The second-order valence-electron chi connectivity index (χ2n) is 7.27. The van der Waals surface area contributed by atoms with Crippen LogP contribution in [0.1, 0.15) is 45.6 Å². The third kappa shape index (κ3) is 3.12. The summed E-state index contributed by atoms with van der Waals surface area (Å²) in [6.45, 7) is 6.78. The zero-order valence-electron chi connectivity index (χ0n) is 16.1. The van der Waals surface area contributed by atoms with E-state index in [4.69, 9.17) is 0 Å². The van der Waals surface area contributed by atoms with Gasteiger partial charge in [-0.3, -0.25) is 4.79 Å². The highest BCUT2D eigenvalue weighted by Gasteiger charge is 2.41. The minimum Gasteiger partial charge on any atom is -0.384 e. The highest BCUT2D eigenvalue weighted by atomic mass is 16.3. The fraction of sp³-hybridized carbons (Fsp3) is 0.476. The lowest BCUT2D eigenvalue weighted by Crippen LogP contribution is -2.42. The average Bonchev–Trinajstić information content (AvgIpc) is 3.06. The van der Waals surface area contributed by atoms with Gasteiger partial charge in [-0.2, -0.15) is 0 Å². The molecule has 0 saturated heterocycles. The van der Waals surface area contributed by atoms with Gasteiger partial charge in [0.25, 0.3) is 5.91 Å². The number of para-hydroxylation sites is 1. The molecule has 0 aliphatic carbocycles. The number of carbonyl (C=O) groups excluding carboxylic acids is 1. The van der Waals surface area contributed by atoms with Crippen LogP contribution in [0.2, 0.25) is 0 Å². The van der Waals surface area contributed by atoms with Crippen molar-refractivity contribution < 1.29 is 9.90 Å². The third-order valence-corrected chi connectivity index (χ3v) is 5.06. The molecule has 2 N–H and O–H groups in total. The Morgan fingerprint density at radius 1 is 1.23 bits per heavy atom. The molecule has 5 heteroatoms. The maximum Gasteiger partial charge on any atom is 0.259 e. The van der Waals surface area contributed by atoms with E-state index in [9.17, 15) is 9.90 Å². The van der Waals surface area contributed by atoms with Crippen LogP contribution in [0.5, 0.6) is 0 Å². The molecule has 0 radical (unpaired) electrons. The maximum absolute atomic E-state index is 13.2. The second-order valence-corrected chi connectivity index (χ2v) is 7.27. The molecule has 0 saturated carbocycles. The van der Waals surface area contributed by atoms with Crippen LogP contribution >= 0.6 is 0 Å². The van der Waals surface area contributed by atoms with Crippen molar-refractivity contribution in [1.82, 2.24) is 14.8 Å². The van der Waals surface area contributed by atoms with Crippen molar-refractivity contribution in [2.24, 2.45) is 7.05 Å². The van der Waals surface area contributed by atoms with Crippen molar-refractivity contribution in [1.29, 1.82) is 0 Å². The summed E-state index contributed by atoms with van der Waals surface area (Å²) in [5, 5.41) is 15.2. The van der Waals surface area contributed by atoms with Gasteiger partial charge < -0.3 is 19.9 Å². The summed E-state index contributed by atoms with van der Waals surface area (Å²) in [5.74, 6) is -0.109. The molecule has 140 valence electrons. The van der Waals surface area contributed by atoms with Gasteiger partial charge in [-0.25, -0.2) is 0 Å². The van der Waals surface area contributed by atoms with Crippen molar-refractivity contribution in [3.8, 4) is 0 Å². The summed E-state index contributed by atoms with van der Waals surface area (Å²) < 4.78 is 2.03. The van der Waals surface area contributed by atoms with Gasteiger partial charge in [-0.05, 0) is 26.3 Å². The monoisotopic (exact) mass is 355 g/mol. The molecule has 1 aromatic carbocycles. The molecule has 0 fully saturated rings. The average molecular weight is 355 g/mol. The molecule has 26 heavy (non-hydrogen) atoms. The number of hydrogen-bond donors (Lipinski definition) is 2. The topological polar surface area (TPSA) is 57.5 Å². The lowest BCUT2D eigenvalue weighted by atomic mass is 10.0. The van der Waals surface area contributed by atoms with E-state index in [-0.39, 0.29) is 11.9 Å². The summed E-state index contributed by atoms with van der Waals surface area (Å²) in [5.41, 5.74) is 3.19. The van der Waals surface area contributed by atoms with E-state index < -0.39 is 6.23 Å². The summed E-state index contributed by atoms with van der Waals surface area (Å²) in [6.07, 6.45) is 4.35. The van der Waals surface area contributed by atoms with E-state index in [2.05, 4.69) is 12.2 Å². The van der Waals surface area contributed by atoms with E-state index in [0.29, 0.717) is 11.3 Å². The Labute approximate surface area is 155 Å². The smallest absolute Gasteiger partial charge is 0.259 e. The number of rotatable bonds is 7. The minimum absolute atomic E-state index is 0.0718. The Kier molecular flexibility index (Phi) is 5.37. The molecular weight excluding hydrogens is 326 g/mol. The summed E-state index contributed by atoms with van der Waals surface area (Å²) in [4.78, 5) is 14.7. The molecule has 0 spiro atoms.